The van der Waals surface area contributed by atoms with E-state index in [0.29, 0.717) is 0 Å². The molecule has 5 heteroatoms. The highest BCUT2D eigenvalue weighted by molar-refractivity contribution is 5.84. The minimum atomic E-state index is 0.886. The molecule has 0 bridgehead atoms. The van der Waals surface area contributed by atoms with Crippen molar-refractivity contribution in [3.05, 3.63) is 58.5 Å². The van der Waals surface area contributed by atoms with E-state index < -0.39 is 0 Å². The van der Waals surface area contributed by atoms with E-state index in [1.807, 2.05) is 12.3 Å². The lowest BCUT2D eigenvalue weighted by Gasteiger charge is -2.34. The average molecular weight is 374 g/mol. The summed E-state index contributed by atoms with van der Waals surface area (Å²) in [5, 5.41) is 1.22. The number of piperazine rings is 1. The molecule has 1 aliphatic carbocycles. The third kappa shape index (κ3) is 3.24. The molecular formula is C23H27N5. The van der Waals surface area contributed by atoms with Crippen LogP contribution < -0.4 is 4.90 Å². The van der Waals surface area contributed by atoms with Gasteiger partial charge in [0.25, 0.3) is 0 Å². The van der Waals surface area contributed by atoms with Crippen LogP contribution in [0.5, 0.6) is 0 Å². The topological polar surface area (TPSA) is 45.2 Å². The lowest BCUT2D eigenvalue weighted by atomic mass is 10.1. The first-order valence-electron chi connectivity index (χ1n) is 10.4. The van der Waals surface area contributed by atoms with Crippen LogP contribution in [0.3, 0.4) is 0 Å². The number of benzene rings is 1. The maximum absolute atomic E-state index is 4.94. The zero-order valence-electron chi connectivity index (χ0n) is 16.8. The third-order valence-corrected chi connectivity index (χ3v) is 6.23. The lowest BCUT2D eigenvalue weighted by molar-refractivity contribution is 0.245. The van der Waals surface area contributed by atoms with Gasteiger partial charge in [0.1, 0.15) is 0 Å². The Morgan fingerprint density at radius 3 is 2.54 bits per heavy atom. The summed E-state index contributed by atoms with van der Waals surface area (Å²) in [5.41, 5.74) is 7.63. The fourth-order valence-electron chi connectivity index (χ4n) is 4.48. The van der Waals surface area contributed by atoms with Gasteiger partial charge < -0.3 is 4.90 Å². The van der Waals surface area contributed by atoms with E-state index in [4.69, 9.17) is 9.97 Å². The van der Waals surface area contributed by atoms with Gasteiger partial charge in [0, 0.05) is 44.3 Å². The van der Waals surface area contributed by atoms with Crippen molar-refractivity contribution >= 4 is 16.9 Å². The molecule has 1 aromatic carbocycles. The summed E-state index contributed by atoms with van der Waals surface area (Å²) in [7, 11) is 0. The van der Waals surface area contributed by atoms with Crippen LogP contribution in [0.2, 0.25) is 0 Å². The fraction of sp³-hybridized carbons (Fsp3) is 0.435. The second-order valence-electron chi connectivity index (χ2n) is 8.13. The number of nitrogens with zero attached hydrogens (tertiary/aromatic N) is 5. The van der Waals surface area contributed by atoms with Crippen LogP contribution in [0.4, 0.5) is 5.95 Å². The quantitative estimate of drug-likeness (QED) is 0.704. The van der Waals surface area contributed by atoms with Crippen molar-refractivity contribution < 1.29 is 0 Å². The highest BCUT2D eigenvalue weighted by atomic mass is 15.3. The molecule has 0 amide bonds. The third-order valence-electron chi connectivity index (χ3n) is 6.23. The van der Waals surface area contributed by atoms with Crippen molar-refractivity contribution in [3.63, 3.8) is 0 Å². The van der Waals surface area contributed by atoms with Crippen LogP contribution in [-0.2, 0) is 19.4 Å². The molecule has 144 valence electrons. The molecule has 0 unspecified atom stereocenters. The van der Waals surface area contributed by atoms with Crippen molar-refractivity contribution in [2.75, 3.05) is 31.1 Å². The van der Waals surface area contributed by atoms with E-state index in [-0.39, 0.29) is 0 Å². The number of hydrogen-bond donors (Lipinski definition) is 0. The predicted octanol–water partition coefficient (Wildman–Crippen LogP) is 3.45. The van der Waals surface area contributed by atoms with Gasteiger partial charge >= 0.3 is 0 Å². The van der Waals surface area contributed by atoms with E-state index in [0.717, 1.165) is 49.9 Å². The number of rotatable bonds is 3. The van der Waals surface area contributed by atoms with Crippen molar-refractivity contribution in [1.29, 1.82) is 0 Å². The first kappa shape index (κ1) is 17.6. The molecule has 2 aliphatic rings. The Balaban J connectivity index is 1.33. The van der Waals surface area contributed by atoms with Gasteiger partial charge in [-0.05, 0) is 68.0 Å². The van der Waals surface area contributed by atoms with Gasteiger partial charge in [0.05, 0.1) is 16.9 Å². The number of hydrogen-bond acceptors (Lipinski definition) is 5. The van der Waals surface area contributed by atoms with E-state index in [1.54, 1.807) is 0 Å². The SMILES string of the molecule is Cc1cccnc1CN1CCN(c2nc(C)c3cc4c(cc3n2)CCC4)CC1. The van der Waals surface area contributed by atoms with Gasteiger partial charge in [-0.3, -0.25) is 9.88 Å². The molecule has 0 spiro atoms. The van der Waals surface area contributed by atoms with Gasteiger partial charge in [-0.2, -0.15) is 0 Å². The molecule has 2 aromatic heterocycles. The summed E-state index contributed by atoms with van der Waals surface area (Å²) < 4.78 is 0. The number of fused-ring (bicyclic) bond motifs is 2. The lowest BCUT2D eigenvalue weighted by Crippen LogP contribution is -2.46. The van der Waals surface area contributed by atoms with Gasteiger partial charge in [-0.15, -0.1) is 0 Å². The first-order chi connectivity index (χ1) is 13.7. The van der Waals surface area contributed by atoms with Crippen molar-refractivity contribution in [2.45, 2.75) is 39.7 Å². The van der Waals surface area contributed by atoms with E-state index in [2.05, 4.69) is 46.8 Å². The summed E-state index contributed by atoms with van der Waals surface area (Å²) in [6.45, 7) is 9.13. The molecule has 0 saturated carbocycles. The summed E-state index contributed by atoms with van der Waals surface area (Å²) in [5.74, 6) is 0.886. The second-order valence-corrected chi connectivity index (χ2v) is 8.13. The molecule has 28 heavy (non-hydrogen) atoms. The van der Waals surface area contributed by atoms with Crippen molar-refractivity contribution in [3.8, 4) is 0 Å². The number of anilines is 1. The van der Waals surface area contributed by atoms with Crippen LogP contribution in [0.1, 0.15) is 34.5 Å². The minimum absolute atomic E-state index is 0.886. The Kier molecular flexibility index (Phi) is 4.47. The molecule has 5 rings (SSSR count). The molecule has 1 fully saturated rings. The predicted molar refractivity (Wildman–Crippen MR) is 113 cm³/mol. The zero-order valence-corrected chi connectivity index (χ0v) is 16.8. The molecule has 0 radical (unpaired) electrons. The molecule has 5 nitrogen and oxygen atoms in total. The summed E-state index contributed by atoms with van der Waals surface area (Å²) >= 11 is 0. The Morgan fingerprint density at radius 2 is 1.75 bits per heavy atom. The average Bonchev–Trinajstić information content (AvgIpc) is 3.16. The molecule has 0 N–H and O–H groups in total. The Hall–Kier alpha value is -2.53. The van der Waals surface area contributed by atoms with Gasteiger partial charge in [-0.25, -0.2) is 9.97 Å². The van der Waals surface area contributed by atoms with E-state index in [9.17, 15) is 0 Å². The smallest absolute Gasteiger partial charge is 0.226 e. The monoisotopic (exact) mass is 373 g/mol. The van der Waals surface area contributed by atoms with E-state index >= 15 is 0 Å². The van der Waals surface area contributed by atoms with Crippen molar-refractivity contribution in [2.24, 2.45) is 0 Å². The Bertz CT molecular complexity index is 1020. The van der Waals surface area contributed by atoms with Crippen LogP contribution in [0, 0.1) is 13.8 Å². The zero-order chi connectivity index (χ0) is 19.1. The van der Waals surface area contributed by atoms with Crippen LogP contribution in [-0.4, -0.2) is 46.0 Å². The fourth-order valence-corrected chi connectivity index (χ4v) is 4.48. The highest BCUT2D eigenvalue weighted by Crippen LogP contribution is 2.29. The van der Waals surface area contributed by atoms with Gasteiger partial charge in [0.2, 0.25) is 5.95 Å². The Morgan fingerprint density at radius 1 is 0.964 bits per heavy atom. The van der Waals surface area contributed by atoms with E-state index in [1.165, 1.54) is 47.0 Å². The summed E-state index contributed by atoms with van der Waals surface area (Å²) in [4.78, 5) is 19.2. The highest BCUT2D eigenvalue weighted by Gasteiger charge is 2.21. The largest absolute Gasteiger partial charge is 0.338 e. The van der Waals surface area contributed by atoms with Crippen LogP contribution >= 0.6 is 0 Å². The van der Waals surface area contributed by atoms with Crippen LogP contribution in [0.25, 0.3) is 10.9 Å². The number of aryl methyl sites for hydroxylation is 4. The Labute approximate surface area is 166 Å². The molecule has 1 saturated heterocycles. The first-order valence-corrected chi connectivity index (χ1v) is 10.4. The standard InChI is InChI=1S/C23H27N5/c1-16-5-4-8-24-22(16)15-27-9-11-28(12-10-27)23-25-17(2)20-13-18-6-3-7-19(18)14-21(20)26-23/h4-5,8,13-14H,3,6-7,9-12,15H2,1-2H3. The summed E-state index contributed by atoms with van der Waals surface area (Å²) in [6, 6.07) is 8.77. The molecule has 3 aromatic rings. The number of aromatic nitrogens is 3. The maximum Gasteiger partial charge on any atom is 0.226 e. The van der Waals surface area contributed by atoms with Crippen molar-refractivity contribution in [1.82, 2.24) is 19.9 Å². The summed E-state index contributed by atoms with van der Waals surface area (Å²) in [6.07, 6.45) is 5.54. The molecule has 1 aliphatic heterocycles. The molecule has 0 atom stereocenters. The van der Waals surface area contributed by atoms with Gasteiger partial charge in [0.15, 0.2) is 0 Å². The molecule has 3 heterocycles. The normalized spacial score (nSPS) is 17.3. The van der Waals surface area contributed by atoms with Gasteiger partial charge in [-0.1, -0.05) is 6.07 Å². The number of pyridine rings is 1. The maximum atomic E-state index is 4.94. The van der Waals surface area contributed by atoms with Crippen LogP contribution in [0.15, 0.2) is 30.5 Å². The molecular weight excluding hydrogens is 346 g/mol. The minimum Gasteiger partial charge on any atom is -0.338 e. The second kappa shape index (κ2) is 7.13.